The predicted octanol–water partition coefficient (Wildman–Crippen LogP) is 3.05. The molecule has 0 spiro atoms. The quantitative estimate of drug-likeness (QED) is 0.446. The average Bonchev–Trinajstić information content (AvgIpc) is 2.40. The van der Waals surface area contributed by atoms with Crippen LogP contribution in [-0.2, 0) is 0 Å². The Balaban J connectivity index is 2.46. The molecular weight excluding hydrogens is 242 g/mol. The van der Waals surface area contributed by atoms with Crippen LogP contribution in [-0.4, -0.2) is 36.0 Å². The van der Waals surface area contributed by atoms with E-state index in [1.807, 2.05) is 6.07 Å². The summed E-state index contributed by atoms with van der Waals surface area (Å²) < 4.78 is 0. The van der Waals surface area contributed by atoms with Crippen LogP contribution in [0.4, 0.5) is 11.4 Å². The highest BCUT2D eigenvalue weighted by Gasteiger charge is 2.10. The van der Waals surface area contributed by atoms with Crippen molar-refractivity contribution in [1.29, 1.82) is 0 Å². The summed E-state index contributed by atoms with van der Waals surface area (Å²) in [5, 5.41) is 14.1. The van der Waals surface area contributed by atoms with Gasteiger partial charge in [0.2, 0.25) is 0 Å². The zero-order chi connectivity index (χ0) is 14.3. The summed E-state index contributed by atoms with van der Waals surface area (Å²) in [6, 6.07) is 5.28. The number of hydrogen-bond acceptors (Lipinski definition) is 4. The highest BCUT2D eigenvalue weighted by Crippen LogP contribution is 2.22. The van der Waals surface area contributed by atoms with Crippen molar-refractivity contribution in [3.63, 3.8) is 0 Å². The van der Waals surface area contributed by atoms with Crippen molar-refractivity contribution in [2.24, 2.45) is 0 Å². The zero-order valence-corrected chi connectivity index (χ0v) is 12.0. The Kier molecular flexibility index (Phi) is 6.29. The lowest BCUT2D eigenvalue weighted by Gasteiger charge is -2.17. The fourth-order valence-electron chi connectivity index (χ4n) is 1.99. The van der Waals surface area contributed by atoms with Gasteiger partial charge in [-0.15, -0.1) is 0 Å². The maximum absolute atomic E-state index is 10.8. The fraction of sp³-hybridized carbons (Fsp3) is 0.571. The van der Waals surface area contributed by atoms with Gasteiger partial charge in [-0.2, -0.15) is 0 Å². The number of rotatable bonds is 8. The normalized spacial score (nSPS) is 10.7. The molecule has 0 fully saturated rings. The lowest BCUT2D eigenvalue weighted by Crippen LogP contribution is -2.25. The molecule has 0 atom stereocenters. The van der Waals surface area contributed by atoms with Crippen LogP contribution in [0, 0.1) is 17.0 Å². The van der Waals surface area contributed by atoms with Gasteiger partial charge in [-0.3, -0.25) is 10.1 Å². The number of anilines is 1. The highest BCUT2D eigenvalue weighted by atomic mass is 16.6. The molecular formula is C14H23N3O2. The van der Waals surface area contributed by atoms with Gasteiger partial charge in [0.25, 0.3) is 5.69 Å². The molecule has 5 nitrogen and oxygen atoms in total. The van der Waals surface area contributed by atoms with Crippen LogP contribution in [0.5, 0.6) is 0 Å². The molecule has 0 aliphatic rings. The minimum absolute atomic E-state index is 0.175. The third-order valence-corrected chi connectivity index (χ3v) is 3.28. The topological polar surface area (TPSA) is 58.4 Å². The van der Waals surface area contributed by atoms with Gasteiger partial charge < -0.3 is 10.2 Å². The lowest BCUT2D eigenvalue weighted by molar-refractivity contribution is -0.385. The van der Waals surface area contributed by atoms with Crippen LogP contribution in [0.25, 0.3) is 0 Å². The summed E-state index contributed by atoms with van der Waals surface area (Å²) >= 11 is 0. The molecule has 0 aromatic heterocycles. The summed E-state index contributed by atoms with van der Waals surface area (Å²) in [5.41, 5.74) is 1.68. The lowest BCUT2D eigenvalue weighted by atomic mass is 10.2. The predicted molar refractivity (Wildman–Crippen MR) is 78.7 cm³/mol. The minimum Gasteiger partial charge on any atom is -0.385 e. The van der Waals surface area contributed by atoms with E-state index in [9.17, 15) is 10.1 Å². The fourth-order valence-corrected chi connectivity index (χ4v) is 1.99. The molecule has 0 bridgehead atoms. The molecule has 0 saturated heterocycles. The molecule has 1 N–H and O–H groups in total. The Bertz CT molecular complexity index is 417. The highest BCUT2D eigenvalue weighted by molar-refractivity contribution is 5.54. The Labute approximate surface area is 114 Å². The van der Waals surface area contributed by atoms with Gasteiger partial charge in [-0.25, -0.2) is 0 Å². The summed E-state index contributed by atoms with van der Waals surface area (Å²) in [7, 11) is 0. The number of nitro groups is 1. The standard InChI is InChI=1S/C14H23N3O2/c1-4-16(5-2)10-6-9-15-13-8-7-12(3)14(11-13)17(18)19/h7-8,11,15H,4-6,9-10H2,1-3H3. The summed E-state index contributed by atoms with van der Waals surface area (Å²) in [5.74, 6) is 0. The second-order valence-corrected chi connectivity index (χ2v) is 4.57. The third-order valence-electron chi connectivity index (χ3n) is 3.28. The van der Waals surface area contributed by atoms with Gasteiger partial charge in [0.1, 0.15) is 0 Å². The van der Waals surface area contributed by atoms with Crippen molar-refractivity contribution >= 4 is 11.4 Å². The Morgan fingerprint density at radius 1 is 1.32 bits per heavy atom. The van der Waals surface area contributed by atoms with Gasteiger partial charge >= 0.3 is 0 Å². The monoisotopic (exact) mass is 265 g/mol. The van der Waals surface area contributed by atoms with Gasteiger partial charge in [0, 0.05) is 23.9 Å². The molecule has 0 heterocycles. The van der Waals surface area contributed by atoms with Crippen LogP contribution in [0.2, 0.25) is 0 Å². The molecule has 5 heteroatoms. The van der Waals surface area contributed by atoms with E-state index in [2.05, 4.69) is 24.1 Å². The molecule has 0 radical (unpaired) electrons. The van der Waals surface area contributed by atoms with E-state index < -0.39 is 0 Å². The number of benzene rings is 1. The van der Waals surface area contributed by atoms with Crippen molar-refractivity contribution in [3.8, 4) is 0 Å². The SMILES string of the molecule is CCN(CC)CCCNc1ccc(C)c([N+](=O)[O-])c1. The summed E-state index contributed by atoms with van der Waals surface area (Å²) in [6.45, 7) is 10.1. The van der Waals surface area contributed by atoms with Gasteiger partial charge in [0.15, 0.2) is 0 Å². The van der Waals surface area contributed by atoms with E-state index in [0.29, 0.717) is 5.56 Å². The van der Waals surface area contributed by atoms with Gasteiger partial charge in [0.05, 0.1) is 4.92 Å². The number of nitrogens with one attached hydrogen (secondary N) is 1. The van der Waals surface area contributed by atoms with Crippen LogP contribution < -0.4 is 5.32 Å². The Morgan fingerprint density at radius 2 is 2.00 bits per heavy atom. The molecule has 106 valence electrons. The van der Waals surface area contributed by atoms with Crippen molar-refractivity contribution < 1.29 is 4.92 Å². The molecule has 0 aliphatic carbocycles. The molecule has 0 saturated carbocycles. The number of hydrogen-bond donors (Lipinski definition) is 1. The molecule has 1 rings (SSSR count). The first-order valence-electron chi connectivity index (χ1n) is 6.79. The Hall–Kier alpha value is -1.62. The molecule has 19 heavy (non-hydrogen) atoms. The molecule has 0 aliphatic heterocycles. The van der Waals surface area contributed by atoms with Crippen molar-refractivity contribution in [3.05, 3.63) is 33.9 Å². The van der Waals surface area contributed by atoms with Crippen molar-refractivity contribution in [2.75, 3.05) is 31.5 Å². The first kappa shape index (κ1) is 15.4. The van der Waals surface area contributed by atoms with Gasteiger partial charge in [-0.05, 0) is 39.0 Å². The molecule has 0 amide bonds. The van der Waals surface area contributed by atoms with Crippen molar-refractivity contribution in [1.82, 2.24) is 4.90 Å². The number of nitro benzene ring substituents is 1. The Morgan fingerprint density at radius 3 is 2.58 bits per heavy atom. The minimum atomic E-state index is -0.337. The summed E-state index contributed by atoms with van der Waals surface area (Å²) in [6.07, 6.45) is 1.03. The molecule has 1 aromatic carbocycles. The molecule has 1 aromatic rings. The average molecular weight is 265 g/mol. The second-order valence-electron chi connectivity index (χ2n) is 4.57. The largest absolute Gasteiger partial charge is 0.385 e. The maximum atomic E-state index is 10.8. The second kappa shape index (κ2) is 7.74. The number of nitrogens with zero attached hydrogens (tertiary/aromatic N) is 2. The first-order valence-corrected chi connectivity index (χ1v) is 6.79. The number of aryl methyl sites for hydroxylation is 1. The van der Waals surface area contributed by atoms with Crippen LogP contribution >= 0.6 is 0 Å². The first-order chi connectivity index (χ1) is 9.08. The third kappa shape index (κ3) is 4.87. The zero-order valence-electron chi connectivity index (χ0n) is 12.0. The van der Waals surface area contributed by atoms with E-state index in [4.69, 9.17) is 0 Å². The van der Waals surface area contributed by atoms with E-state index in [1.54, 1.807) is 19.1 Å². The van der Waals surface area contributed by atoms with Crippen LogP contribution in [0.3, 0.4) is 0 Å². The van der Waals surface area contributed by atoms with Crippen LogP contribution in [0.15, 0.2) is 18.2 Å². The van der Waals surface area contributed by atoms with E-state index in [0.717, 1.165) is 38.3 Å². The van der Waals surface area contributed by atoms with Crippen LogP contribution in [0.1, 0.15) is 25.8 Å². The van der Waals surface area contributed by atoms with Gasteiger partial charge in [-0.1, -0.05) is 19.9 Å². The van der Waals surface area contributed by atoms with E-state index >= 15 is 0 Å². The molecule has 0 unspecified atom stereocenters. The van der Waals surface area contributed by atoms with Crippen molar-refractivity contribution in [2.45, 2.75) is 27.2 Å². The smallest absolute Gasteiger partial charge is 0.274 e. The summed E-state index contributed by atoms with van der Waals surface area (Å²) in [4.78, 5) is 12.9. The van der Waals surface area contributed by atoms with E-state index in [-0.39, 0.29) is 10.6 Å². The maximum Gasteiger partial charge on any atom is 0.274 e. The van der Waals surface area contributed by atoms with E-state index in [1.165, 1.54) is 0 Å².